The molecule has 0 radical (unpaired) electrons. The van der Waals surface area contributed by atoms with Crippen molar-refractivity contribution in [3.63, 3.8) is 0 Å². The van der Waals surface area contributed by atoms with Crippen molar-refractivity contribution >= 4 is 23.2 Å². The van der Waals surface area contributed by atoms with E-state index in [2.05, 4.69) is 0 Å². The molecular formula is C13H9ClO3. The van der Waals surface area contributed by atoms with Gasteiger partial charge in [-0.3, -0.25) is 9.59 Å². The van der Waals surface area contributed by atoms with Crippen molar-refractivity contribution in [1.82, 2.24) is 0 Å². The molecule has 0 fully saturated rings. The van der Waals surface area contributed by atoms with Gasteiger partial charge >= 0.3 is 0 Å². The Kier molecular flexibility index (Phi) is 3.40. The minimum atomic E-state index is -1.25. The molecule has 0 saturated heterocycles. The molecule has 0 aliphatic rings. The lowest BCUT2D eigenvalue weighted by molar-refractivity contribution is 0.0884. The normalized spacial score (nSPS) is 12.1. The second kappa shape index (κ2) is 4.97. The summed E-state index contributed by atoms with van der Waals surface area (Å²) in [6.07, 6.45) is 1.36. The van der Waals surface area contributed by atoms with Crippen LogP contribution >= 0.6 is 11.6 Å². The van der Waals surface area contributed by atoms with Gasteiger partial charge in [-0.1, -0.05) is 30.3 Å². The monoisotopic (exact) mass is 248 g/mol. The first-order valence-corrected chi connectivity index (χ1v) is 5.45. The maximum atomic E-state index is 11.9. The Morgan fingerprint density at radius 2 is 1.71 bits per heavy atom. The lowest BCUT2D eigenvalue weighted by Gasteiger charge is -2.05. The van der Waals surface area contributed by atoms with Crippen molar-refractivity contribution in [2.24, 2.45) is 0 Å². The van der Waals surface area contributed by atoms with Gasteiger partial charge in [0, 0.05) is 5.56 Å². The van der Waals surface area contributed by atoms with E-state index in [0.29, 0.717) is 5.56 Å². The molecule has 86 valence electrons. The molecule has 1 aromatic carbocycles. The molecule has 0 N–H and O–H groups in total. The van der Waals surface area contributed by atoms with E-state index in [1.165, 1.54) is 12.3 Å². The van der Waals surface area contributed by atoms with Gasteiger partial charge in [0.05, 0.1) is 6.26 Å². The molecular weight excluding hydrogens is 240 g/mol. The van der Waals surface area contributed by atoms with Gasteiger partial charge in [-0.25, -0.2) is 0 Å². The summed E-state index contributed by atoms with van der Waals surface area (Å²) in [6.45, 7) is 0. The van der Waals surface area contributed by atoms with Crippen molar-refractivity contribution in [2.45, 2.75) is 5.38 Å². The Morgan fingerprint density at radius 1 is 1.00 bits per heavy atom. The van der Waals surface area contributed by atoms with E-state index in [1.807, 2.05) is 0 Å². The van der Waals surface area contributed by atoms with Crippen LogP contribution in [0.3, 0.4) is 0 Å². The zero-order valence-corrected chi connectivity index (χ0v) is 9.55. The molecule has 1 heterocycles. The van der Waals surface area contributed by atoms with Crippen LogP contribution in [-0.4, -0.2) is 16.9 Å². The molecule has 2 rings (SSSR count). The zero-order valence-electron chi connectivity index (χ0n) is 8.80. The molecule has 1 aromatic heterocycles. The molecule has 2 aromatic rings. The van der Waals surface area contributed by atoms with Crippen molar-refractivity contribution in [3.8, 4) is 0 Å². The van der Waals surface area contributed by atoms with Gasteiger partial charge in [0.15, 0.2) is 16.9 Å². The summed E-state index contributed by atoms with van der Waals surface area (Å²) in [5.74, 6) is -0.853. The molecule has 0 aliphatic carbocycles. The first kappa shape index (κ1) is 11.6. The Bertz CT molecular complexity index is 517. The predicted octanol–water partition coefficient (Wildman–Crippen LogP) is 2.95. The van der Waals surface area contributed by atoms with Crippen LogP contribution in [0.4, 0.5) is 0 Å². The molecule has 0 spiro atoms. The highest BCUT2D eigenvalue weighted by atomic mass is 35.5. The van der Waals surface area contributed by atoms with Gasteiger partial charge in [0.1, 0.15) is 0 Å². The SMILES string of the molecule is O=C(c1ccccc1)C(Cl)C(=O)c1ccco1. The number of ketones is 2. The second-order valence-corrected chi connectivity index (χ2v) is 3.87. The first-order valence-electron chi connectivity index (χ1n) is 5.01. The number of benzene rings is 1. The maximum absolute atomic E-state index is 11.9. The molecule has 0 amide bonds. The highest BCUT2D eigenvalue weighted by molar-refractivity contribution is 6.46. The number of carbonyl (C=O) groups excluding carboxylic acids is 2. The van der Waals surface area contributed by atoms with Gasteiger partial charge in [0.25, 0.3) is 0 Å². The standard InChI is InChI=1S/C13H9ClO3/c14-11(13(16)10-7-4-8-17-10)12(15)9-5-2-1-3-6-9/h1-8,11H. The number of rotatable bonds is 4. The molecule has 3 nitrogen and oxygen atoms in total. The third-order valence-electron chi connectivity index (χ3n) is 2.28. The average molecular weight is 249 g/mol. The van der Waals surface area contributed by atoms with E-state index in [-0.39, 0.29) is 5.76 Å². The molecule has 4 heteroatoms. The lowest BCUT2D eigenvalue weighted by atomic mass is 10.0. The summed E-state index contributed by atoms with van der Waals surface area (Å²) in [7, 11) is 0. The third-order valence-corrected chi connectivity index (χ3v) is 2.68. The molecule has 1 atom stereocenters. The van der Waals surface area contributed by atoms with Crippen molar-refractivity contribution in [3.05, 3.63) is 60.1 Å². The Balaban J connectivity index is 2.19. The van der Waals surface area contributed by atoms with Gasteiger partial charge in [-0.2, -0.15) is 0 Å². The molecule has 0 aliphatic heterocycles. The van der Waals surface area contributed by atoms with E-state index in [9.17, 15) is 9.59 Å². The summed E-state index contributed by atoms with van der Waals surface area (Å²) < 4.78 is 4.92. The van der Waals surface area contributed by atoms with Crippen LogP contribution in [0.1, 0.15) is 20.9 Å². The molecule has 17 heavy (non-hydrogen) atoms. The highest BCUT2D eigenvalue weighted by Gasteiger charge is 2.27. The molecule has 1 unspecified atom stereocenters. The number of furan rings is 1. The van der Waals surface area contributed by atoms with Gasteiger partial charge in [-0.05, 0) is 12.1 Å². The van der Waals surface area contributed by atoms with E-state index >= 15 is 0 Å². The van der Waals surface area contributed by atoms with Crippen LogP contribution in [0.15, 0.2) is 53.1 Å². The Labute approximate surface area is 103 Å². The topological polar surface area (TPSA) is 47.3 Å². The second-order valence-electron chi connectivity index (χ2n) is 3.43. The van der Waals surface area contributed by atoms with Crippen molar-refractivity contribution in [1.29, 1.82) is 0 Å². The minimum absolute atomic E-state index is 0.0919. The van der Waals surface area contributed by atoms with Crippen LogP contribution in [0.5, 0.6) is 0 Å². The third kappa shape index (κ3) is 2.45. The van der Waals surface area contributed by atoms with Crippen LogP contribution in [0.2, 0.25) is 0 Å². The molecule has 0 saturated carbocycles. The van der Waals surface area contributed by atoms with Crippen molar-refractivity contribution in [2.75, 3.05) is 0 Å². The maximum Gasteiger partial charge on any atom is 0.223 e. The van der Waals surface area contributed by atoms with Crippen LogP contribution in [0, 0.1) is 0 Å². The van der Waals surface area contributed by atoms with Crippen LogP contribution < -0.4 is 0 Å². The Morgan fingerprint density at radius 3 is 2.29 bits per heavy atom. The number of hydrogen-bond acceptors (Lipinski definition) is 3. The zero-order chi connectivity index (χ0) is 12.3. The lowest BCUT2D eigenvalue weighted by Crippen LogP contribution is -2.24. The van der Waals surface area contributed by atoms with Gasteiger partial charge in [-0.15, -0.1) is 11.6 Å². The van der Waals surface area contributed by atoms with Crippen LogP contribution in [-0.2, 0) is 0 Å². The molecule has 0 bridgehead atoms. The average Bonchev–Trinajstić information content (AvgIpc) is 2.91. The quantitative estimate of drug-likeness (QED) is 0.475. The smallest absolute Gasteiger partial charge is 0.223 e. The van der Waals surface area contributed by atoms with Gasteiger partial charge in [0.2, 0.25) is 5.78 Å². The predicted molar refractivity (Wildman–Crippen MR) is 63.5 cm³/mol. The summed E-state index contributed by atoms with van der Waals surface area (Å²) in [4.78, 5) is 23.7. The summed E-state index contributed by atoms with van der Waals surface area (Å²) in [5.41, 5.74) is 0.410. The van der Waals surface area contributed by atoms with E-state index < -0.39 is 16.9 Å². The fraction of sp³-hybridized carbons (Fsp3) is 0.0769. The number of carbonyl (C=O) groups is 2. The van der Waals surface area contributed by atoms with Gasteiger partial charge < -0.3 is 4.42 Å². The fourth-order valence-corrected chi connectivity index (χ4v) is 1.64. The van der Waals surface area contributed by atoms with E-state index in [4.69, 9.17) is 16.0 Å². The summed E-state index contributed by atoms with van der Waals surface area (Å²) in [6, 6.07) is 11.5. The fourth-order valence-electron chi connectivity index (χ4n) is 1.41. The largest absolute Gasteiger partial charge is 0.461 e. The number of alkyl halides is 1. The summed E-state index contributed by atoms with van der Waals surface area (Å²) in [5, 5.41) is -1.25. The first-order chi connectivity index (χ1) is 8.20. The Hall–Kier alpha value is -1.87. The number of hydrogen-bond donors (Lipinski definition) is 0. The highest BCUT2D eigenvalue weighted by Crippen LogP contribution is 2.14. The minimum Gasteiger partial charge on any atom is -0.461 e. The van der Waals surface area contributed by atoms with Crippen LogP contribution in [0.25, 0.3) is 0 Å². The van der Waals surface area contributed by atoms with E-state index in [1.54, 1.807) is 36.4 Å². The van der Waals surface area contributed by atoms with E-state index in [0.717, 1.165) is 0 Å². The van der Waals surface area contributed by atoms with Crippen molar-refractivity contribution < 1.29 is 14.0 Å². The summed E-state index contributed by atoms with van der Waals surface area (Å²) >= 11 is 5.85. The number of halogens is 1. The number of Topliss-reactive ketones (excluding diaryl/α,β-unsaturated/α-hetero) is 2.